The fourth-order valence-electron chi connectivity index (χ4n) is 1.49. The molecule has 0 bridgehead atoms. The molecular weight excluding hydrogens is 269 g/mol. The summed E-state index contributed by atoms with van der Waals surface area (Å²) in [5, 5.41) is 9.39. The number of hydrogen-bond donors (Lipinski definition) is 1. The Kier molecular flexibility index (Phi) is 4.07. The first-order chi connectivity index (χ1) is 8.09. The molecule has 0 aliphatic heterocycles. The Balaban J connectivity index is 3.45. The van der Waals surface area contributed by atoms with Crippen LogP contribution in [0, 0.1) is 0 Å². The summed E-state index contributed by atoms with van der Waals surface area (Å²) in [6.45, 7) is 2.86. The molecule has 7 heteroatoms. The maximum absolute atomic E-state index is 12.5. The molecule has 1 aromatic rings. The van der Waals surface area contributed by atoms with Gasteiger partial charge in [0.1, 0.15) is 0 Å². The zero-order chi connectivity index (χ0) is 14.1. The van der Waals surface area contributed by atoms with Crippen LogP contribution in [0.4, 0.5) is 13.2 Å². The Labute approximate surface area is 103 Å². The number of aliphatic hydroxyl groups excluding tert-OH is 1. The lowest BCUT2D eigenvalue weighted by Gasteiger charge is -2.19. The second-order valence-electron chi connectivity index (χ2n) is 4.02. The van der Waals surface area contributed by atoms with Crippen molar-refractivity contribution in [1.29, 1.82) is 0 Å². The highest BCUT2D eigenvalue weighted by Gasteiger charge is 2.48. The smallest absolute Gasteiger partial charge is 0.393 e. The lowest BCUT2D eigenvalue weighted by atomic mass is 9.96. The highest BCUT2D eigenvalue weighted by molar-refractivity contribution is 7.92. The van der Waals surface area contributed by atoms with Crippen molar-refractivity contribution in [2.24, 2.45) is 0 Å². The van der Waals surface area contributed by atoms with Crippen molar-refractivity contribution in [1.82, 2.24) is 0 Å². The predicted molar refractivity (Wildman–Crippen MR) is 59.8 cm³/mol. The van der Waals surface area contributed by atoms with E-state index < -0.39 is 32.3 Å². The quantitative estimate of drug-likeness (QED) is 0.926. The van der Waals surface area contributed by atoms with Gasteiger partial charge in [-0.05, 0) is 18.6 Å². The van der Waals surface area contributed by atoms with Gasteiger partial charge < -0.3 is 5.11 Å². The molecule has 1 rings (SSSR count). The maximum atomic E-state index is 12.5. The van der Waals surface area contributed by atoms with Gasteiger partial charge in [-0.2, -0.15) is 13.2 Å². The summed E-state index contributed by atoms with van der Waals surface area (Å²) in [7, 11) is -5.40. The molecule has 2 unspecified atom stereocenters. The normalized spacial score (nSPS) is 16.3. The molecule has 2 atom stereocenters. The Morgan fingerprint density at radius 3 is 2.11 bits per heavy atom. The van der Waals surface area contributed by atoms with Crippen LogP contribution in [0.3, 0.4) is 0 Å². The topological polar surface area (TPSA) is 54.4 Å². The van der Waals surface area contributed by atoms with Crippen LogP contribution in [-0.4, -0.2) is 25.1 Å². The van der Waals surface area contributed by atoms with E-state index in [1.54, 1.807) is 0 Å². The number of rotatable bonds is 3. The lowest BCUT2D eigenvalue weighted by molar-refractivity contribution is -0.0436. The van der Waals surface area contributed by atoms with Crippen LogP contribution in [0.1, 0.15) is 25.3 Å². The third kappa shape index (κ3) is 2.67. The fourth-order valence-corrected chi connectivity index (χ4v) is 2.56. The van der Waals surface area contributed by atoms with Gasteiger partial charge in [-0.15, -0.1) is 0 Å². The third-order valence-corrected chi connectivity index (χ3v) is 4.29. The molecule has 0 aromatic heterocycles. The molecule has 0 aliphatic carbocycles. The van der Waals surface area contributed by atoms with Gasteiger partial charge in [-0.1, -0.05) is 25.1 Å². The van der Waals surface area contributed by atoms with Crippen LogP contribution < -0.4 is 0 Å². The van der Waals surface area contributed by atoms with E-state index in [-0.39, 0.29) is 5.56 Å². The van der Waals surface area contributed by atoms with E-state index in [1.807, 2.05) is 0 Å². The zero-order valence-electron chi connectivity index (χ0n) is 9.77. The molecule has 1 N–H and O–H groups in total. The molecule has 0 radical (unpaired) electrons. The summed E-state index contributed by atoms with van der Waals surface area (Å²) in [4.78, 5) is -0.800. The Morgan fingerprint density at radius 2 is 1.67 bits per heavy atom. The first kappa shape index (κ1) is 15.0. The summed E-state index contributed by atoms with van der Waals surface area (Å²) in [6.07, 6.45) is -0.949. The van der Waals surface area contributed by atoms with Crippen molar-refractivity contribution in [2.45, 2.75) is 36.3 Å². The van der Waals surface area contributed by atoms with Crippen LogP contribution in [0.2, 0.25) is 0 Å². The van der Waals surface area contributed by atoms with Crippen molar-refractivity contribution >= 4 is 9.84 Å². The summed E-state index contributed by atoms with van der Waals surface area (Å²) in [5.74, 6) is -0.710. The van der Waals surface area contributed by atoms with Gasteiger partial charge in [0.25, 0.3) is 9.84 Å². The molecule has 102 valence electrons. The minimum absolute atomic E-state index is 0.0372. The fraction of sp³-hybridized carbons (Fsp3) is 0.455. The van der Waals surface area contributed by atoms with Crippen LogP contribution in [0.5, 0.6) is 0 Å². The highest BCUT2D eigenvalue weighted by Crippen LogP contribution is 2.35. The van der Waals surface area contributed by atoms with Crippen LogP contribution in [0.15, 0.2) is 29.2 Å². The summed E-state index contributed by atoms with van der Waals surface area (Å²) < 4.78 is 60.3. The van der Waals surface area contributed by atoms with Gasteiger partial charge in [0.2, 0.25) is 0 Å². The van der Waals surface area contributed by atoms with E-state index in [0.29, 0.717) is 0 Å². The first-order valence-corrected chi connectivity index (χ1v) is 6.65. The average Bonchev–Trinajstić information content (AvgIpc) is 2.26. The molecule has 0 heterocycles. The monoisotopic (exact) mass is 282 g/mol. The number of sulfone groups is 1. The van der Waals surface area contributed by atoms with Crippen LogP contribution >= 0.6 is 0 Å². The molecule has 0 saturated carbocycles. The highest BCUT2D eigenvalue weighted by atomic mass is 32.2. The second-order valence-corrected chi connectivity index (χ2v) is 5.93. The largest absolute Gasteiger partial charge is 0.501 e. The van der Waals surface area contributed by atoms with E-state index in [4.69, 9.17) is 0 Å². The molecule has 0 aliphatic rings. The zero-order valence-corrected chi connectivity index (χ0v) is 10.6. The van der Waals surface area contributed by atoms with E-state index >= 15 is 0 Å². The number of halogens is 3. The lowest BCUT2D eigenvalue weighted by Crippen LogP contribution is -2.25. The molecular formula is C11H13F3O3S. The van der Waals surface area contributed by atoms with Gasteiger partial charge in [0.15, 0.2) is 0 Å². The first-order valence-electron chi connectivity index (χ1n) is 5.17. The second kappa shape index (κ2) is 4.89. The predicted octanol–water partition coefficient (Wildman–Crippen LogP) is 2.46. The molecule has 1 aromatic carbocycles. The van der Waals surface area contributed by atoms with Gasteiger partial charge in [-0.25, -0.2) is 8.42 Å². The summed E-state index contributed by atoms with van der Waals surface area (Å²) >= 11 is 0. The number of aliphatic hydroxyl groups is 1. The van der Waals surface area contributed by atoms with Gasteiger partial charge in [0, 0.05) is 5.92 Å². The standard InChI is InChI=1S/C11H13F3O3S/c1-7(8(2)15)9-5-3-4-6-10(9)18(16,17)11(12,13)14/h3-8,15H,1-2H3. The van der Waals surface area contributed by atoms with E-state index in [1.165, 1.54) is 32.0 Å². The van der Waals surface area contributed by atoms with Crippen LogP contribution in [-0.2, 0) is 9.84 Å². The van der Waals surface area contributed by atoms with E-state index in [2.05, 4.69) is 0 Å². The molecule has 0 fully saturated rings. The van der Waals surface area contributed by atoms with Crippen molar-refractivity contribution in [3.63, 3.8) is 0 Å². The molecule has 0 saturated heterocycles. The molecule has 3 nitrogen and oxygen atoms in total. The van der Waals surface area contributed by atoms with Gasteiger partial charge >= 0.3 is 5.51 Å². The Morgan fingerprint density at radius 1 is 1.17 bits per heavy atom. The SMILES string of the molecule is CC(O)C(C)c1ccccc1S(=O)(=O)C(F)(F)F. The van der Waals surface area contributed by atoms with E-state index in [9.17, 15) is 26.7 Å². The minimum Gasteiger partial charge on any atom is -0.393 e. The van der Waals surface area contributed by atoms with Gasteiger partial charge in [-0.3, -0.25) is 0 Å². The Hall–Kier alpha value is -1.08. The van der Waals surface area contributed by atoms with Crippen molar-refractivity contribution in [3.05, 3.63) is 29.8 Å². The van der Waals surface area contributed by atoms with Gasteiger partial charge in [0.05, 0.1) is 11.0 Å². The van der Waals surface area contributed by atoms with Crippen molar-refractivity contribution in [3.8, 4) is 0 Å². The molecule has 0 amide bonds. The number of hydrogen-bond acceptors (Lipinski definition) is 3. The third-order valence-electron chi connectivity index (χ3n) is 2.73. The number of benzene rings is 1. The maximum Gasteiger partial charge on any atom is 0.501 e. The van der Waals surface area contributed by atoms with E-state index in [0.717, 1.165) is 6.07 Å². The molecule has 18 heavy (non-hydrogen) atoms. The number of alkyl halides is 3. The van der Waals surface area contributed by atoms with Crippen molar-refractivity contribution in [2.75, 3.05) is 0 Å². The van der Waals surface area contributed by atoms with Crippen LogP contribution in [0.25, 0.3) is 0 Å². The summed E-state index contributed by atoms with van der Waals surface area (Å²) in [5.41, 5.74) is -5.38. The minimum atomic E-state index is -5.40. The molecule has 0 spiro atoms. The average molecular weight is 282 g/mol. The Bertz CT molecular complexity index is 521. The summed E-state index contributed by atoms with van der Waals surface area (Å²) in [6, 6.07) is 4.83. The van der Waals surface area contributed by atoms with Crippen molar-refractivity contribution < 1.29 is 26.7 Å².